The van der Waals surface area contributed by atoms with E-state index in [4.69, 9.17) is 28.3 Å². The van der Waals surface area contributed by atoms with Crippen LogP contribution in [0.25, 0.3) is 0 Å². The molecule has 0 saturated carbocycles. The first kappa shape index (κ1) is 14.0. The van der Waals surface area contributed by atoms with E-state index >= 15 is 0 Å². The maximum Gasteiger partial charge on any atom is 0.338 e. The zero-order valence-electron chi connectivity index (χ0n) is 9.10. The van der Waals surface area contributed by atoms with Crippen molar-refractivity contribution in [1.82, 2.24) is 10.2 Å². The summed E-state index contributed by atoms with van der Waals surface area (Å²) in [5, 5.41) is 16.3. The van der Waals surface area contributed by atoms with Gasteiger partial charge in [-0.1, -0.05) is 35.0 Å². The fourth-order valence-electron chi connectivity index (χ4n) is 1.27. The summed E-state index contributed by atoms with van der Waals surface area (Å²) in [5.41, 5.74) is -0.408. The maximum absolute atomic E-state index is 13.2. The Morgan fingerprint density at radius 3 is 2.68 bits per heavy atom. The average Bonchev–Trinajstić information content (AvgIpc) is 2.36. The van der Waals surface area contributed by atoms with Crippen LogP contribution in [0.2, 0.25) is 10.3 Å². The van der Waals surface area contributed by atoms with Crippen LogP contribution in [-0.2, 0) is 0 Å². The number of nitrogens with zero attached hydrogens (tertiary/aromatic N) is 2. The van der Waals surface area contributed by atoms with Crippen molar-refractivity contribution in [2.45, 2.75) is 9.79 Å². The third-order valence-corrected chi connectivity index (χ3v) is 3.68. The lowest BCUT2D eigenvalue weighted by Crippen LogP contribution is -2.00. The number of benzene rings is 1. The zero-order chi connectivity index (χ0) is 14.0. The van der Waals surface area contributed by atoms with E-state index in [1.54, 1.807) is 0 Å². The Labute approximate surface area is 121 Å². The van der Waals surface area contributed by atoms with E-state index in [1.165, 1.54) is 18.2 Å². The van der Waals surface area contributed by atoms with Crippen molar-refractivity contribution < 1.29 is 14.3 Å². The molecule has 19 heavy (non-hydrogen) atoms. The molecular formula is C11H5Cl2FN2O2S. The number of rotatable bonds is 3. The lowest BCUT2D eigenvalue weighted by molar-refractivity contribution is 0.0691. The van der Waals surface area contributed by atoms with Crippen LogP contribution in [0.5, 0.6) is 0 Å². The third kappa shape index (κ3) is 3.34. The Balaban J connectivity index is 2.36. The van der Waals surface area contributed by atoms with Crippen LogP contribution in [0.3, 0.4) is 0 Å². The molecule has 0 aliphatic heterocycles. The SMILES string of the molecule is O=C(O)c1cc(Sc2cc(Cl)nnc2Cl)ccc1F. The molecule has 0 spiro atoms. The normalized spacial score (nSPS) is 10.5. The van der Waals surface area contributed by atoms with Crippen molar-refractivity contribution in [2.75, 3.05) is 0 Å². The molecule has 4 nitrogen and oxygen atoms in total. The number of aromatic carboxylic acids is 1. The summed E-state index contributed by atoms with van der Waals surface area (Å²) >= 11 is 12.6. The Morgan fingerprint density at radius 2 is 2.00 bits per heavy atom. The van der Waals surface area contributed by atoms with Gasteiger partial charge in [-0.25, -0.2) is 9.18 Å². The number of carboxylic acid groups (broad SMARTS) is 1. The predicted octanol–water partition coefficient (Wildman–Crippen LogP) is 3.77. The highest BCUT2D eigenvalue weighted by Gasteiger charge is 2.13. The molecule has 0 radical (unpaired) electrons. The number of aromatic nitrogens is 2. The molecule has 1 aromatic heterocycles. The molecule has 0 unspecified atom stereocenters. The third-order valence-electron chi connectivity index (χ3n) is 2.08. The van der Waals surface area contributed by atoms with E-state index in [2.05, 4.69) is 10.2 Å². The first-order valence-corrected chi connectivity index (χ1v) is 6.44. The van der Waals surface area contributed by atoms with Gasteiger partial charge in [-0.3, -0.25) is 0 Å². The minimum absolute atomic E-state index is 0.135. The standard InChI is InChI=1S/C11H5Cl2FN2O2S/c12-9-4-8(10(13)16-15-9)19-5-1-2-7(14)6(3-5)11(17)18/h1-4H,(H,17,18). The van der Waals surface area contributed by atoms with E-state index < -0.39 is 17.3 Å². The Bertz CT molecular complexity index is 655. The zero-order valence-corrected chi connectivity index (χ0v) is 11.4. The Hall–Kier alpha value is -1.37. The van der Waals surface area contributed by atoms with Crippen LogP contribution in [0.4, 0.5) is 4.39 Å². The van der Waals surface area contributed by atoms with Crippen LogP contribution in [0.1, 0.15) is 10.4 Å². The highest BCUT2D eigenvalue weighted by Crippen LogP contribution is 2.33. The van der Waals surface area contributed by atoms with E-state index in [0.717, 1.165) is 17.8 Å². The molecule has 0 atom stereocenters. The molecule has 1 heterocycles. The van der Waals surface area contributed by atoms with Gasteiger partial charge in [-0.2, -0.15) is 0 Å². The lowest BCUT2D eigenvalue weighted by Gasteiger charge is -2.05. The van der Waals surface area contributed by atoms with Gasteiger partial charge in [0, 0.05) is 4.90 Å². The van der Waals surface area contributed by atoms with Gasteiger partial charge in [0.1, 0.15) is 5.82 Å². The topological polar surface area (TPSA) is 63.1 Å². The van der Waals surface area contributed by atoms with Crippen molar-refractivity contribution in [3.8, 4) is 0 Å². The summed E-state index contributed by atoms with van der Waals surface area (Å²) in [6.07, 6.45) is 0. The van der Waals surface area contributed by atoms with E-state index in [9.17, 15) is 9.18 Å². The minimum Gasteiger partial charge on any atom is -0.478 e. The summed E-state index contributed by atoms with van der Waals surface area (Å²) in [7, 11) is 0. The van der Waals surface area contributed by atoms with Gasteiger partial charge < -0.3 is 5.11 Å². The lowest BCUT2D eigenvalue weighted by atomic mass is 10.2. The highest BCUT2D eigenvalue weighted by molar-refractivity contribution is 7.99. The summed E-state index contributed by atoms with van der Waals surface area (Å²) < 4.78 is 13.2. The molecule has 0 amide bonds. The highest BCUT2D eigenvalue weighted by atomic mass is 35.5. The molecule has 8 heteroatoms. The van der Waals surface area contributed by atoms with E-state index in [-0.39, 0.29) is 10.3 Å². The quantitative estimate of drug-likeness (QED) is 0.933. The molecule has 1 aromatic carbocycles. The van der Waals surface area contributed by atoms with Crippen LogP contribution in [0.15, 0.2) is 34.1 Å². The molecule has 2 aromatic rings. The van der Waals surface area contributed by atoms with Crippen LogP contribution >= 0.6 is 35.0 Å². The molecule has 0 aliphatic carbocycles. The Morgan fingerprint density at radius 1 is 1.26 bits per heavy atom. The second kappa shape index (κ2) is 5.73. The van der Waals surface area contributed by atoms with E-state index in [0.29, 0.717) is 9.79 Å². The summed E-state index contributed by atoms with van der Waals surface area (Å²) in [4.78, 5) is 11.8. The molecule has 0 fully saturated rings. The van der Waals surface area contributed by atoms with Crippen molar-refractivity contribution in [2.24, 2.45) is 0 Å². The van der Waals surface area contributed by atoms with Crippen molar-refractivity contribution in [3.05, 3.63) is 46.0 Å². The largest absolute Gasteiger partial charge is 0.478 e. The number of halogens is 3. The van der Waals surface area contributed by atoms with Crippen molar-refractivity contribution in [3.63, 3.8) is 0 Å². The summed E-state index contributed by atoms with van der Waals surface area (Å²) in [6, 6.07) is 5.23. The minimum atomic E-state index is -1.34. The molecule has 0 bridgehead atoms. The number of carbonyl (C=O) groups is 1. The average molecular weight is 319 g/mol. The molecule has 0 saturated heterocycles. The predicted molar refractivity (Wildman–Crippen MR) is 69.5 cm³/mol. The first-order chi connectivity index (χ1) is 8.97. The molecule has 0 aliphatic rings. The fraction of sp³-hybridized carbons (Fsp3) is 0. The summed E-state index contributed by atoms with van der Waals surface area (Å²) in [6.45, 7) is 0. The van der Waals surface area contributed by atoms with Gasteiger partial charge in [0.25, 0.3) is 0 Å². The number of carboxylic acids is 1. The van der Waals surface area contributed by atoms with Crippen LogP contribution < -0.4 is 0 Å². The molecule has 98 valence electrons. The number of hydrogen-bond donors (Lipinski definition) is 1. The second-order valence-electron chi connectivity index (χ2n) is 3.37. The smallest absolute Gasteiger partial charge is 0.338 e. The van der Waals surface area contributed by atoms with Gasteiger partial charge in [-0.15, -0.1) is 10.2 Å². The van der Waals surface area contributed by atoms with Gasteiger partial charge in [-0.05, 0) is 24.3 Å². The fourth-order valence-corrected chi connectivity index (χ4v) is 2.55. The van der Waals surface area contributed by atoms with Gasteiger partial charge in [0.15, 0.2) is 10.3 Å². The van der Waals surface area contributed by atoms with Gasteiger partial charge >= 0.3 is 5.97 Å². The van der Waals surface area contributed by atoms with Crippen LogP contribution in [-0.4, -0.2) is 21.3 Å². The molecule has 1 N–H and O–H groups in total. The van der Waals surface area contributed by atoms with Crippen LogP contribution in [0, 0.1) is 5.82 Å². The van der Waals surface area contributed by atoms with Crippen molar-refractivity contribution in [1.29, 1.82) is 0 Å². The molecule has 2 rings (SSSR count). The van der Waals surface area contributed by atoms with Gasteiger partial charge in [0.05, 0.1) is 10.5 Å². The second-order valence-corrected chi connectivity index (χ2v) is 5.23. The van der Waals surface area contributed by atoms with Gasteiger partial charge in [0.2, 0.25) is 0 Å². The summed E-state index contributed by atoms with van der Waals surface area (Å²) in [5.74, 6) is -2.13. The number of hydrogen-bond acceptors (Lipinski definition) is 4. The monoisotopic (exact) mass is 318 g/mol. The molecular weight excluding hydrogens is 314 g/mol. The Kier molecular flexibility index (Phi) is 4.24. The first-order valence-electron chi connectivity index (χ1n) is 4.87. The van der Waals surface area contributed by atoms with E-state index in [1.807, 2.05) is 0 Å². The maximum atomic E-state index is 13.2. The van der Waals surface area contributed by atoms with Crippen molar-refractivity contribution >= 4 is 40.9 Å².